The van der Waals surface area contributed by atoms with Crippen molar-refractivity contribution in [1.29, 1.82) is 0 Å². The molecule has 1 unspecified atom stereocenters. The van der Waals surface area contributed by atoms with Crippen molar-refractivity contribution >= 4 is 29.3 Å². The molecule has 3 aliphatic heterocycles. The van der Waals surface area contributed by atoms with Crippen molar-refractivity contribution in [2.45, 2.75) is 44.8 Å². The molecule has 0 spiro atoms. The Labute approximate surface area is 196 Å². The van der Waals surface area contributed by atoms with Gasteiger partial charge < -0.3 is 10.2 Å². The van der Waals surface area contributed by atoms with Crippen LogP contribution in [0.2, 0.25) is 0 Å². The van der Waals surface area contributed by atoms with Crippen LogP contribution in [0.25, 0.3) is 0 Å². The molecule has 11 heteroatoms. The van der Waals surface area contributed by atoms with Crippen molar-refractivity contribution in [1.82, 2.24) is 30.5 Å². The maximum Gasteiger partial charge on any atom is 0.264 e. The third kappa shape index (κ3) is 4.07. The summed E-state index contributed by atoms with van der Waals surface area (Å²) in [6, 6.07) is 4.10. The SMILES string of the molecule is CN(Cc1cn(CC2CCNCC2)nn1)c1cccc2c1C(=O)N(C1CCC(=O)NC1=O)C2=O. The Hall–Kier alpha value is -3.60. The Balaban J connectivity index is 1.33. The van der Waals surface area contributed by atoms with Gasteiger partial charge >= 0.3 is 0 Å². The molecule has 2 N–H and O–H groups in total. The zero-order chi connectivity index (χ0) is 23.8. The predicted molar refractivity (Wildman–Crippen MR) is 121 cm³/mol. The number of benzene rings is 1. The van der Waals surface area contributed by atoms with Crippen LogP contribution in [0.1, 0.15) is 52.1 Å². The van der Waals surface area contributed by atoms with Crippen molar-refractivity contribution in [3.05, 3.63) is 41.2 Å². The van der Waals surface area contributed by atoms with Crippen LogP contribution in [-0.2, 0) is 22.7 Å². The van der Waals surface area contributed by atoms with Crippen LogP contribution in [0.5, 0.6) is 0 Å². The minimum Gasteiger partial charge on any atom is -0.368 e. The molecule has 2 aromatic rings. The number of carbonyl (C=O) groups is 4. The number of anilines is 1. The fraction of sp³-hybridized carbons (Fsp3) is 0.478. The Morgan fingerprint density at radius 3 is 2.65 bits per heavy atom. The van der Waals surface area contributed by atoms with Crippen molar-refractivity contribution in [2.24, 2.45) is 5.92 Å². The highest BCUT2D eigenvalue weighted by Crippen LogP contribution is 2.34. The van der Waals surface area contributed by atoms with E-state index in [1.54, 1.807) is 18.2 Å². The van der Waals surface area contributed by atoms with Gasteiger partial charge in [-0.05, 0) is 50.4 Å². The lowest BCUT2D eigenvalue weighted by Crippen LogP contribution is -2.54. The standard InChI is InChI=1S/C23H27N7O4/c1-28(12-15-13-29(27-26-15)11-14-7-9-24-10-8-14)17-4-2-3-16-20(17)23(34)30(22(16)33)18-5-6-19(31)25-21(18)32/h2-4,13-14,18,24H,5-12H2,1H3,(H,25,31,32). The third-order valence-corrected chi connectivity index (χ3v) is 6.75. The first-order chi connectivity index (χ1) is 16.4. The molecule has 3 aliphatic rings. The molecule has 0 bridgehead atoms. The molecule has 0 aliphatic carbocycles. The van der Waals surface area contributed by atoms with Crippen LogP contribution < -0.4 is 15.5 Å². The quantitative estimate of drug-likeness (QED) is 0.584. The number of amides is 4. The van der Waals surface area contributed by atoms with Crippen LogP contribution in [0.4, 0.5) is 5.69 Å². The van der Waals surface area contributed by atoms with Gasteiger partial charge in [0.2, 0.25) is 11.8 Å². The number of imide groups is 2. The number of fused-ring (bicyclic) bond motifs is 1. The molecule has 4 amide bonds. The van der Waals surface area contributed by atoms with E-state index in [4.69, 9.17) is 0 Å². The van der Waals surface area contributed by atoms with Gasteiger partial charge in [0.15, 0.2) is 0 Å². The van der Waals surface area contributed by atoms with E-state index in [0.717, 1.165) is 43.1 Å². The molecule has 178 valence electrons. The molecule has 4 heterocycles. The highest BCUT2D eigenvalue weighted by molar-refractivity contribution is 6.25. The van der Waals surface area contributed by atoms with E-state index in [-0.39, 0.29) is 24.0 Å². The first-order valence-electron chi connectivity index (χ1n) is 11.6. The summed E-state index contributed by atoms with van der Waals surface area (Å²) in [5, 5.41) is 14.1. The lowest BCUT2D eigenvalue weighted by molar-refractivity contribution is -0.136. The van der Waals surface area contributed by atoms with Crippen LogP contribution in [-0.4, -0.2) is 69.7 Å². The minimum atomic E-state index is -0.988. The van der Waals surface area contributed by atoms with Crippen LogP contribution >= 0.6 is 0 Å². The van der Waals surface area contributed by atoms with E-state index in [2.05, 4.69) is 20.9 Å². The van der Waals surface area contributed by atoms with Gasteiger partial charge in [-0.2, -0.15) is 0 Å². The second-order valence-electron chi connectivity index (χ2n) is 9.13. The molecule has 34 heavy (non-hydrogen) atoms. The van der Waals surface area contributed by atoms with Gasteiger partial charge in [0.1, 0.15) is 11.7 Å². The lowest BCUT2D eigenvalue weighted by atomic mass is 9.98. The second kappa shape index (κ2) is 8.98. The normalized spacial score (nSPS) is 21.1. The van der Waals surface area contributed by atoms with E-state index in [1.165, 1.54) is 0 Å². The summed E-state index contributed by atoms with van der Waals surface area (Å²) >= 11 is 0. The predicted octanol–water partition coefficient (Wildman–Crippen LogP) is 0.315. The Morgan fingerprint density at radius 1 is 1.09 bits per heavy atom. The minimum absolute atomic E-state index is 0.0869. The van der Waals surface area contributed by atoms with Crippen molar-refractivity contribution < 1.29 is 19.2 Å². The summed E-state index contributed by atoms with van der Waals surface area (Å²) < 4.78 is 1.87. The topological polar surface area (TPSA) is 130 Å². The number of nitrogens with zero attached hydrogens (tertiary/aromatic N) is 5. The number of piperidine rings is 2. The van der Waals surface area contributed by atoms with Gasteiger partial charge in [-0.15, -0.1) is 5.10 Å². The van der Waals surface area contributed by atoms with Crippen molar-refractivity contribution in [2.75, 3.05) is 25.0 Å². The summed E-state index contributed by atoms with van der Waals surface area (Å²) in [5.74, 6) is -1.48. The molecule has 5 rings (SSSR count). The lowest BCUT2D eigenvalue weighted by Gasteiger charge is -2.28. The number of carbonyl (C=O) groups excluding carboxylic acids is 4. The second-order valence-corrected chi connectivity index (χ2v) is 9.13. The van der Waals surface area contributed by atoms with Crippen LogP contribution in [0.3, 0.4) is 0 Å². The van der Waals surface area contributed by atoms with Gasteiger partial charge in [-0.3, -0.25) is 34.1 Å². The molecule has 0 saturated carbocycles. The number of rotatable bonds is 6. The van der Waals surface area contributed by atoms with E-state index in [0.29, 0.717) is 18.2 Å². The Bertz CT molecular complexity index is 1150. The molecule has 1 aromatic heterocycles. The maximum absolute atomic E-state index is 13.3. The van der Waals surface area contributed by atoms with Gasteiger partial charge in [0, 0.05) is 20.0 Å². The van der Waals surface area contributed by atoms with Crippen LogP contribution in [0, 0.1) is 5.92 Å². The fourth-order valence-electron chi connectivity index (χ4n) is 4.97. The summed E-state index contributed by atoms with van der Waals surface area (Å²) in [7, 11) is 1.83. The number of aromatic nitrogens is 3. The Morgan fingerprint density at radius 2 is 1.88 bits per heavy atom. The van der Waals surface area contributed by atoms with Gasteiger partial charge in [0.25, 0.3) is 11.8 Å². The van der Waals surface area contributed by atoms with Gasteiger partial charge in [-0.1, -0.05) is 11.3 Å². The highest BCUT2D eigenvalue weighted by Gasteiger charge is 2.45. The summed E-state index contributed by atoms with van der Waals surface area (Å²) in [4.78, 5) is 53.0. The van der Waals surface area contributed by atoms with E-state index < -0.39 is 29.7 Å². The van der Waals surface area contributed by atoms with E-state index in [1.807, 2.05) is 22.8 Å². The molecule has 2 fully saturated rings. The number of hydrogen-bond acceptors (Lipinski definition) is 8. The van der Waals surface area contributed by atoms with Crippen LogP contribution in [0.15, 0.2) is 24.4 Å². The maximum atomic E-state index is 13.3. The largest absolute Gasteiger partial charge is 0.368 e. The van der Waals surface area contributed by atoms with Gasteiger partial charge in [0.05, 0.1) is 29.6 Å². The third-order valence-electron chi connectivity index (χ3n) is 6.75. The van der Waals surface area contributed by atoms with Crippen molar-refractivity contribution in [3.8, 4) is 0 Å². The zero-order valence-electron chi connectivity index (χ0n) is 19.0. The fourth-order valence-corrected chi connectivity index (χ4v) is 4.97. The molecule has 0 radical (unpaired) electrons. The summed E-state index contributed by atoms with van der Waals surface area (Å²) in [6.45, 7) is 3.28. The first-order valence-corrected chi connectivity index (χ1v) is 11.6. The first kappa shape index (κ1) is 22.2. The zero-order valence-corrected chi connectivity index (χ0v) is 19.0. The highest BCUT2D eigenvalue weighted by atomic mass is 16.2. The molecular weight excluding hydrogens is 438 g/mol. The molecule has 2 saturated heterocycles. The molecular formula is C23H27N7O4. The monoisotopic (exact) mass is 465 g/mol. The van der Waals surface area contributed by atoms with E-state index in [9.17, 15) is 19.2 Å². The molecule has 1 atom stereocenters. The smallest absolute Gasteiger partial charge is 0.264 e. The summed E-state index contributed by atoms with van der Waals surface area (Å²) in [5.41, 5.74) is 1.86. The number of hydrogen-bond donors (Lipinski definition) is 2. The van der Waals surface area contributed by atoms with E-state index >= 15 is 0 Å². The Kier molecular flexibility index (Phi) is 5.86. The summed E-state index contributed by atoms with van der Waals surface area (Å²) in [6.07, 6.45) is 4.37. The van der Waals surface area contributed by atoms with Gasteiger partial charge in [-0.25, -0.2) is 0 Å². The molecule has 1 aromatic carbocycles. The van der Waals surface area contributed by atoms with Crippen molar-refractivity contribution in [3.63, 3.8) is 0 Å². The average Bonchev–Trinajstić information content (AvgIpc) is 3.36. The molecule has 11 nitrogen and oxygen atoms in total. The number of nitrogens with one attached hydrogen (secondary N) is 2. The average molecular weight is 466 g/mol.